The molecule has 0 fully saturated rings. The van der Waals surface area contributed by atoms with Crippen molar-refractivity contribution in [3.63, 3.8) is 0 Å². The molecule has 0 heteroatoms. The van der Waals surface area contributed by atoms with Gasteiger partial charge in [-0.1, -0.05) is 46.6 Å². The summed E-state index contributed by atoms with van der Waals surface area (Å²) < 4.78 is 0. The zero-order chi connectivity index (χ0) is 14.8. The molecule has 0 N–H and O–H groups in total. The van der Waals surface area contributed by atoms with Gasteiger partial charge in [-0.3, -0.25) is 0 Å². The van der Waals surface area contributed by atoms with Crippen molar-refractivity contribution in [3.8, 4) is 0 Å². The van der Waals surface area contributed by atoms with E-state index < -0.39 is 0 Å². The Morgan fingerprint density at radius 3 is 0.850 bits per heavy atom. The highest BCUT2D eigenvalue weighted by atomic mass is 14.0. The maximum absolute atomic E-state index is 2.43. The Bertz CT molecular complexity index is 322. The van der Waals surface area contributed by atoms with E-state index in [9.17, 15) is 0 Å². The van der Waals surface area contributed by atoms with Crippen LogP contribution in [0, 0.1) is 0 Å². The van der Waals surface area contributed by atoms with E-state index in [2.05, 4.69) is 52.0 Å². The standard InChI is InChI=1S/C20H32/c1-17-9-5-11-18(2)13-7-15-20(4)16-8-14-19(3)12-6-10-17/h9,12-13,16H,5-8,10-11,14-15H2,1-4H3. The van der Waals surface area contributed by atoms with Gasteiger partial charge in [0.2, 0.25) is 0 Å². The van der Waals surface area contributed by atoms with Gasteiger partial charge in [0.25, 0.3) is 0 Å². The number of hydrogen-bond acceptors (Lipinski definition) is 0. The van der Waals surface area contributed by atoms with Crippen molar-refractivity contribution in [2.24, 2.45) is 0 Å². The van der Waals surface area contributed by atoms with Gasteiger partial charge in [0.05, 0.1) is 0 Å². The summed E-state index contributed by atoms with van der Waals surface area (Å²) in [5, 5.41) is 0. The maximum atomic E-state index is 2.43. The van der Waals surface area contributed by atoms with E-state index in [1.807, 2.05) is 0 Å². The minimum Gasteiger partial charge on any atom is -0.0853 e. The smallest absolute Gasteiger partial charge is 0.0288 e. The van der Waals surface area contributed by atoms with Crippen molar-refractivity contribution in [1.82, 2.24) is 0 Å². The fourth-order valence-corrected chi connectivity index (χ4v) is 2.59. The summed E-state index contributed by atoms with van der Waals surface area (Å²) in [6, 6.07) is 0. The fraction of sp³-hybridized carbons (Fsp3) is 0.600. The van der Waals surface area contributed by atoms with Crippen LogP contribution in [0.4, 0.5) is 0 Å². The van der Waals surface area contributed by atoms with Gasteiger partial charge >= 0.3 is 0 Å². The van der Waals surface area contributed by atoms with Gasteiger partial charge in [-0.05, 0) is 79.1 Å². The highest BCUT2D eigenvalue weighted by molar-refractivity contribution is 5.09. The van der Waals surface area contributed by atoms with Crippen LogP contribution in [0.15, 0.2) is 46.6 Å². The molecule has 0 spiro atoms. The molecule has 1 rings (SSSR count). The molecule has 0 nitrogen and oxygen atoms in total. The van der Waals surface area contributed by atoms with Crippen LogP contribution in [0.3, 0.4) is 0 Å². The minimum atomic E-state index is 1.20. The van der Waals surface area contributed by atoms with E-state index in [0.29, 0.717) is 0 Å². The Kier molecular flexibility index (Phi) is 8.34. The molecule has 0 atom stereocenters. The first kappa shape index (κ1) is 17.0. The average molecular weight is 272 g/mol. The van der Waals surface area contributed by atoms with E-state index in [4.69, 9.17) is 0 Å². The van der Waals surface area contributed by atoms with Crippen LogP contribution in [0.5, 0.6) is 0 Å². The molecular formula is C20H32. The molecule has 0 aromatic carbocycles. The molecule has 0 radical (unpaired) electrons. The van der Waals surface area contributed by atoms with Crippen LogP contribution in [0.25, 0.3) is 0 Å². The lowest BCUT2D eigenvalue weighted by Gasteiger charge is -2.05. The molecule has 0 saturated carbocycles. The molecule has 0 unspecified atom stereocenters. The average Bonchev–Trinajstić information content (AvgIpc) is 2.37. The van der Waals surface area contributed by atoms with Crippen molar-refractivity contribution < 1.29 is 0 Å². The SMILES string of the molecule is CC1=CCCC(C)=CCCC(C)=CCCC(C)=CCC1. The Hall–Kier alpha value is -1.04. The molecule has 0 bridgehead atoms. The van der Waals surface area contributed by atoms with Crippen LogP contribution >= 0.6 is 0 Å². The largest absolute Gasteiger partial charge is 0.0853 e. The van der Waals surface area contributed by atoms with Crippen molar-refractivity contribution in [2.75, 3.05) is 0 Å². The van der Waals surface area contributed by atoms with Crippen LogP contribution in [-0.2, 0) is 0 Å². The van der Waals surface area contributed by atoms with Crippen LogP contribution in [0.1, 0.15) is 79.1 Å². The van der Waals surface area contributed by atoms with Gasteiger partial charge < -0.3 is 0 Å². The summed E-state index contributed by atoms with van der Waals surface area (Å²) in [5.74, 6) is 0. The van der Waals surface area contributed by atoms with Gasteiger partial charge in [0, 0.05) is 0 Å². The van der Waals surface area contributed by atoms with Crippen LogP contribution in [0.2, 0.25) is 0 Å². The third-order valence-electron chi connectivity index (χ3n) is 4.13. The molecule has 0 saturated heterocycles. The van der Waals surface area contributed by atoms with E-state index in [0.717, 1.165) is 0 Å². The molecule has 0 aromatic heterocycles. The van der Waals surface area contributed by atoms with E-state index in [1.54, 1.807) is 22.3 Å². The van der Waals surface area contributed by atoms with E-state index in [1.165, 1.54) is 51.4 Å². The second-order valence-electron chi connectivity index (χ2n) is 6.36. The van der Waals surface area contributed by atoms with Crippen LogP contribution in [-0.4, -0.2) is 0 Å². The zero-order valence-electron chi connectivity index (χ0n) is 14.0. The Morgan fingerprint density at radius 2 is 0.650 bits per heavy atom. The monoisotopic (exact) mass is 272 g/mol. The van der Waals surface area contributed by atoms with Crippen molar-refractivity contribution in [2.45, 2.75) is 79.1 Å². The summed E-state index contributed by atoms with van der Waals surface area (Å²) in [6.45, 7) is 9.10. The Balaban J connectivity index is 2.65. The number of hydrogen-bond donors (Lipinski definition) is 0. The molecule has 20 heavy (non-hydrogen) atoms. The summed E-state index contributed by atoms with van der Waals surface area (Å²) in [6.07, 6.45) is 19.4. The molecular weight excluding hydrogens is 240 g/mol. The van der Waals surface area contributed by atoms with E-state index in [-0.39, 0.29) is 0 Å². The van der Waals surface area contributed by atoms with Gasteiger partial charge in [0.15, 0.2) is 0 Å². The summed E-state index contributed by atoms with van der Waals surface area (Å²) >= 11 is 0. The van der Waals surface area contributed by atoms with Gasteiger partial charge in [-0.2, -0.15) is 0 Å². The first-order valence-electron chi connectivity index (χ1n) is 8.20. The Morgan fingerprint density at radius 1 is 0.450 bits per heavy atom. The lowest BCUT2D eigenvalue weighted by molar-refractivity contribution is 0.875. The quantitative estimate of drug-likeness (QED) is 0.420. The van der Waals surface area contributed by atoms with Crippen molar-refractivity contribution >= 4 is 0 Å². The van der Waals surface area contributed by atoms with Gasteiger partial charge in [-0.15, -0.1) is 0 Å². The summed E-state index contributed by atoms with van der Waals surface area (Å²) in [4.78, 5) is 0. The van der Waals surface area contributed by atoms with Crippen molar-refractivity contribution in [3.05, 3.63) is 46.6 Å². The number of rotatable bonds is 0. The predicted molar refractivity (Wildman–Crippen MR) is 92.0 cm³/mol. The highest BCUT2D eigenvalue weighted by Gasteiger charge is 1.96. The number of allylic oxidation sites excluding steroid dienone is 8. The van der Waals surface area contributed by atoms with Crippen molar-refractivity contribution in [1.29, 1.82) is 0 Å². The lowest BCUT2D eigenvalue weighted by Crippen LogP contribution is -1.84. The first-order valence-corrected chi connectivity index (χ1v) is 8.20. The summed E-state index contributed by atoms with van der Waals surface area (Å²) in [5.41, 5.74) is 6.18. The third kappa shape index (κ3) is 8.19. The molecule has 0 heterocycles. The van der Waals surface area contributed by atoms with Gasteiger partial charge in [0.1, 0.15) is 0 Å². The van der Waals surface area contributed by atoms with Gasteiger partial charge in [-0.25, -0.2) is 0 Å². The third-order valence-corrected chi connectivity index (χ3v) is 4.13. The molecule has 0 amide bonds. The first-order chi connectivity index (χ1) is 9.58. The Labute approximate surface area is 126 Å². The lowest BCUT2D eigenvalue weighted by atomic mass is 10.0. The van der Waals surface area contributed by atoms with Crippen LogP contribution < -0.4 is 0 Å². The predicted octanol–water partition coefficient (Wildman–Crippen LogP) is 6.91. The minimum absolute atomic E-state index is 1.20. The molecule has 0 aromatic rings. The molecule has 0 aliphatic heterocycles. The summed E-state index contributed by atoms with van der Waals surface area (Å²) in [7, 11) is 0. The fourth-order valence-electron chi connectivity index (χ4n) is 2.59. The molecule has 1 aliphatic carbocycles. The normalized spacial score (nSPS) is 20.6. The molecule has 112 valence electrons. The molecule has 1 aliphatic rings. The topological polar surface area (TPSA) is 0 Å². The second-order valence-corrected chi connectivity index (χ2v) is 6.36. The highest BCUT2D eigenvalue weighted by Crippen LogP contribution is 2.16. The maximum Gasteiger partial charge on any atom is -0.0288 e. The zero-order valence-corrected chi connectivity index (χ0v) is 14.0. The second kappa shape index (κ2) is 9.80. The van der Waals surface area contributed by atoms with E-state index >= 15 is 0 Å².